The van der Waals surface area contributed by atoms with Crippen LogP contribution in [-0.4, -0.2) is 19.5 Å². The standard InChI is InChI=1S/C12H14BrF3O2S/c1-11(2,7-13)8-19(17,18)10-5-3-4-9(6-10)12(14,15)16/h3-6H,7-8H2,1-2H3. The van der Waals surface area contributed by atoms with Crippen LogP contribution in [0.25, 0.3) is 0 Å². The summed E-state index contributed by atoms with van der Waals surface area (Å²) < 4.78 is 61.9. The zero-order valence-corrected chi connectivity index (χ0v) is 12.9. The van der Waals surface area contributed by atoms with Crippen molar-refractivity contribution in [3.63, 3.8) is 0 Å². The second-order valence-electron chi connectivity index (χ2n) is 5.08. The third-order valence-electron chi connectivity index (χ3n) is 2.46. The lowest BCUT2D eigenvalue weighted by molar-refractivity contribution is -0.137. The third-order valence-corrected chi connectivity index (χ3v) is 6.11. The van der Waals surface area contributed by atoms with Gasteiger partial charge in [-0.25, -0.2) is 8.42 Å². The van der Waals surface area contributed by atoms with Crippen LogP contribution >= 0.6 is 15.9 Å². The molecule has 0 aliphatic heterocycles. The molecule has 0 unspecified atom stereocenters. The first kappa shape index (κ1) is 16.5. The molecule has 1 aromatic carbocycles. The second kappa shape index (κ2) is 5.44. The second-order valence-corrected chi connectivity index (χ2v) is 7.63. The maximum atomic E-state index is 12.6. The van der Waals surface area contributed by atoms with E-state index in [9.17, 15) is 21.6 Å². The molecule has 0 aliphatic carbocycles. The highest BCUT2D eigenvalue weighted by molar-refractivity contribution is 9.09. The minimum absolute atomic E-state index is 0.216. The van der Waals surface area contributed by atoms with E-state index in [0.29, 0.717) is 11.4 Å². The Morgan fingerprint density at radius 1 is 1.21 bits per heavy atom. The van der Waals surface area contributed by atoms with Crippen molar-refractivity contribution in [2.45, 2.75) is 24.9 Å². The van der Waals surface area contributed by atoms with Gasteiger partial charge < -0.3 is 0 Å². The van der Waals surface area contributed by atoms with Crippen LogP contribution in [0.15, 0.2) is 29.2 Å². The van der Waals surface area contributed by atoms with Gasteiger partial charge in [0.15, 0.2) is 9.84 Å². The maximum Gasteiger partial charge on any atom is 0.416 e. The van der Waals surface area contributed by atoms with Crippen molar-refractivity contribution in [3.05, 3.63) is 29.8 Å². The fourth-order valence-electron chi connectivity index (χ4n) is 1.50. The van der Waals surface area contributed by atoms with Gasteiger partial charge in [-0.05, 0) is 23.6 Å². The Morgan fingerprint density at radius 3 is 2.26 bits per heavy atom. The van der Waals surface area contributed by atoms with Crippen molar-refractivity contribution in [1.82, 2.24) is 0 Å². The van der Waals surface area contributed by atoms with Crippen molar-refractivity contribution >= 4 is 25.8 Å². The topological polar surface area (TPSA) is 34.1 Å². The number of hydrogen-bond acceptors (Lipinski definition) is 2. The Kier molecular flexibility index (Phi) is 4.72. The van der Waals surface area contributed by atoms with E-state index >= 15 is 0 Å². The van der Waals surface area contributed by atoms with Crippen molar-refractivity contribution in [2.75, 3.05) is 11.1 Å². The summed E-state index contributed by atoms with van der Waals surface area (Å²) in [4.78, 5) is -0.295. The lowest BCUT2D eigenvalue weighted by Gasteiger charge is -2.21. The molecule has 0 radical (unpaired) electrons. The first-order chi connectivity index (χ1) is 8.48. The summed E-state index contributed by atoms with van der Waals surface area (Å²) in [6.07, 6.45) is -4.55. The van der Waals surface area contributed by atoms with E-state index in [1.807, 2.05) is 0 Å². The van der Waals surface area contributed by atoms with Gasteiger partial charge in [-0.2, -0.15) is 13.2 Å². The molecule has 0 aromatic heterocycles. The summed E-state index contributed by atoms with van der Waals surface area (Å²) in [6.45, 7) is 3.46. The Morgan fingerprint density at radius 2 is 1.79 bits per heavy atom. The van der Waals surface area contributed by atoms with Gasteiger partial charge in [-0.3, -0.25) is 0 Å². The molecule has 1 aromatic rings. The highest BCUT2D eigenvalue weighted by Gasteiger charge is 2.33. The number of benzene rings is 1. The van der Waals surface area contributed by atoms with Gasteiger partial charge in [0, 0.05) is 5.33 Å². The van der Waals surface area contributed by atoms with Crippen LogP contribution in [-0.2, 0) is 16.0 Å². The van der Waals surface area contributed by atoms with E-state index in [0.717, 1.165) is 12.1 Å². The minimum atomic E-state index is -4.55. The van der Waals surface area contributed by atoms with Crippen molar-refractivity contribution in [3.8, 4) is 0 Å². The summed E-state index contributed by atoms with van der Waals surface area (Å²) >= 11 is 3.20. The predicted octanol–water partition coefficient (Wildman–Crippen LogP) is 3.90. The Hall–Kier alpha value is -0.560. The van der Waals surface area contributed by atoms with Crippen LogP contribution < -0.4 is 0 Å². The zero-order chi connectivity index (χ0) is 14.9. The van der Waals surface area contributed by atoms with Gasteiger partial charge in [0.25, 0.3) is 0 Å². The SMILES string of the molecule is CC(C)(CBr)CS(=O)(=O)c1cccc(C(F)(F)F)c1. The van der Waals surface area contributed by atoms with Gasteiger partial charge in [-0.15, -0.1) is 0 Å². The molecule has 0 spiro atoms. The zero-order valence-electron chi connectivity index (χ0n) is 10.5. The predicted molar refractivity (Wildman–Crippen MR) is 71.1 cm³/mol. The van der Waals surface area contributed by atoms with Crippen LogP contribution in [0.4, 0.5) is 13.2 Å². The molecule has 0 atom stereocenters. The average molecular weight is 359 g/mol. The van der Waals surface area contributed by atoms with Gasteiger partial charge in [0.2, 0.25) is 0 Å². The monoisotopic (exact) mass is 358 g/mol. The number of alkyl halides is 4. The fraction of sp³-hybridized carbons (Fsp3) is 0.500. The van der Waals surface area contributed by atoms with Crippen LogP contribution in [0.3, 0.4) is 0 Å². The molecule has 0 heterocycles. The number of rotatable bonds is 4. The molecule has 0 amide bonds. The van der Waals surface area contributed by atoms with Crippen molar-refractivity contribution in [1.29, 1.82) is 0 Å². The highest BCUT2D eigenvalue weighted by atomic mass is 79.9. The number of hydrogen-bond donors (Lipinski definition) is 0. The van der Waals surface area contributed by atoms with Crippen LogP contribution in [0, 0.1) is 5.41 Å². The van der Waals surface area contributed by atoms with Crippen molar-refractivity contribution in [2.24, 2.45) is 5.41 Å². The van der Waals surface area contributed by atoms with E-state index in [-0.39, 0.29) is 10.6 Å². The number of halogens is 4. The molecule has 7 heteroatoms. The summed E-state index contributed by atoms with van der Waals surface area (Å²) in [5.74, 6) is -0.216. The molecule has 2 nitrogen and oxygen atoms in total. The van der Waals surface area contributed by atoms with Crippen LogP contribution in [0.2, 0.25) is 0 Å². The molecule has 0 aliphatic rings. The van der Waals surface area contributed by atoms with E-state index in [2.05, 4.69) is 15.9 Å². The summed E-state index contributed by atoms with van der Waals surface area (Å²) in [7, 11) is -3.74. The van der Waals surface area contributed by atoms with E-state index in [1.165, 1.54) is 6.07 Å². The molecule has 0 fully saturated rings. The largest absolute Gasteiger partial charge is 0.416 e. The number of sulfone groups is 1. The fourth-order valence-corrected chi connectivity index (χ4v) is 3.85. The first-order valence-corrected chi connectivity index (χ1v) is 8.21. The Bertz CT molecular complexity index is 550. The normalized spacial score (nSPS) is 13.6. The van der Waals surface area contributed by atoms with Gasteiger partial charge >= 0.3 is 6.18 Å². The molecule has 0 saturated carbocycles. The Balaban J connectivity index is 3.17. The molecule has 0 saturated heterocycles. The molecule has 1 rings (SSSR count). The van der Waals surface area contributed by atoms with E-state index in [4.69, 9.17) is 0 Å². The summed E-state index contributed by atoms with van der Waals surface area (Å²) in [5.41, 5.74) is -1.50. The van der Waals surface area contributed by atoms with E-state index < -0.39 is 27.0 Å². The van der Waals surface area contributed by atoms with Crippen LogP contribution in [0.5, 0.6) is 0 Å². The van der Waals surface area contributed by atoms with Gasteiger partial charge in [0.05, 0.1) is 16.2 Å². The summed E-state index contributed by atoms with van der Waals surface area (Å²) in [5, 5.41) is 0.443. The average Bonchev–Trinajstić information content (AvgIpc) is 2.27. The first-order valence-electron chi connectivity index (χ1n) is 5.44. The molecular formula is C12H14BrF3O2S. The lowest BCUT2D eigenvalue weighted by Crippen LogP contribution is -2.25. The Labute approximate surface area is 119 Å². The minimum Gasteiger partial charge on any atom is -0.224 e. The van der Waals surface area contributed by atoms with Crippen molar-refractivity contribution < 1.29 is 21.6 Å². The molecule has 108 valence electrons. The molecule has 19 heavy (non-hydrogen) atoms. The van der Waals surface area contributed by atoms with Crippen LogP contribution in [0.1, 0.15) is 19.4 Å². The highest BCUT2D eigenvalue weighted by Crippen LogP contribution is 2.32. The maximum absolute atomic E-state index is 12.6. The smallest absolute Gasteiger partial charge is 0.224 e. The molecule has 0 N–H and O–H groups in total. The molecule has 0 bridgehead atoms. The summed E-state index contributed by atoms with van der Waals surface area (Å²) in [6, 6.07) is 3.83. The lowest BCUT2D eigenvalue weighted by atomic mass is 10.0. The van der Waals surface area contributed by atoms with E-state index in [1.54, 1.807) is 13.8 Å². The molecular weight excluding hydrogens is 345 g/mol. The quantitative estimate of drug-likeness (QED) is 0.765. The van der Waals surface area contributed by atoms with Gasteiger partial charge in [-0.1, -0.05) is 35.8 Å². The van der Waals surface area contributed by atoms with Gasteiger partial charge in [0.1, 0.15) is 0 Å². The third kappa shape index (κ3) is 4.49.